The lowest BCUT2D eigenvalue weighted by Gasteiger charge is -1.86. The Kier molecular flexibility index (Phi) is 1.71. The smallest absolute Gasteiger partial charge is 0.184 e. The lowest BCUT2D eigenvalue weighted by molar-refractivity contribution is 1.36. The molecule has 2 rings (SSSR count). The number of nitrogens with zero attached hydrogens (tertiary/aromatic N) is 2. The number of pyridine rings is 1. The summed E-state index contributed by atoms with van der Waals surface area (Å²) in [5, 5.41) is 0.465. The number of aromatic nitrogens is 2. The van der Waals surface area contributed by atoms with E-state index in [0.29, 0.717) is 9.62 Å². The molecule has 0 saturated carbocycles. The van der Waals surface area contributed by atoms with Crippen LogP contribution in [-0.4, -0.2) is 9.97 Å². The van der Waals surface area contributed by atoms with E-state index in [2.05, 4.69) is 9.97 Å². The fourth-order valence-corrected chi connectivity index (χ4v) is 2.06. The molecule has 0 spiro atoms. The van der Waals surface area contributed by atoms with Crippen LogP contribution < -0.4 is 0 Å². The summed E-state index contributed by atoms with van der Waals surface area (Å²) in [6.45, 7) is 0. The highest BCUT2D eigenvalue weighted by Crippen LogP contribution is 2.29. The average Bonchev–Trinajstić information content (AvgIpc) is 2.31. The van der Waals surface area contributed by atoms with Gasteiger partial charge >= 0.3 is 0 Å². The number of rotatable bonds is 0. The lowest BCUT2D eigenvalue weighted by Crippen LogP contribution is -1.72. The van der Waals surface area contributed by atoms with Gasteiger partial charge in [-0.25, -0.2) is 9.97 Å². The molecule has 0 saturated heterocycles. The predicted molar refractivity (Wildman–Crippen MR) is 47.4 cm³/mol. The number of hydrogen-bond acceptors (Lipinski definition) is 3. The van der Waals surface area contributed by atoms with Crippen LogP contribution in [-0.2, 0) is 0 Å². The van der Waals surface area contributed by atoms with Crippen molar-refractivity contribution in [2.75, 3.05) is 0 Å². The van der Waals surface area contributed by atoms with Crippen LogP contribution in [0.2, 0.25) is 9.62 Å². The summed E-state index contributed by atoms with van der Waals surface area (Å²) in [6.07, 6.45) is 1.61. The van der Waals surface area contributed by atoms with Crippen molar-refractivity contribution < 1.29 is 0 Å². The maximum absolute atomic E-state index is 5.77. The van der Waals surface area contributed by atoms with Gasteiger partial charge in [-0.15, -0.1) is 0 Å². The fraction of sp³-hybridized carbons (Fsp3) is 0. The van der Waals surface area contributed by atoms with Gasteiger partial charge in [-0.05, 0) is 6.07 Å². The Morgan fingerprint density at radius 1 is 1.36 bits per heavy atom. The minimum Gasteiger partial charge on any atom is -0.243 e. The zero-order valence-corrected chi connectivity index (χ0v) is 7.54. The standard InChI is InChI=1S/C6H2Cl2N2S/c7-5-4-3(1-2-9-5)10-6(8)11-4/h1-2H. The molecule has 0 atom stereocenters. The second-order valence-corrected chi connectivity index (χ2v) is 3.86. The van der Waals surface area contributed by atoms with Crippen LogP contribution in [0.4, 0.5) is 0 Å². The third-order valence-corrected chi connectivity index (χ3v) is 2.82. The molecule has 2 heterocycles. The molecule has 56 valence electrons. The maximum atomic E-state index is 5.77. The largest absolute Gasteiger partial charge is 0.243 e. The first-order valence-electron chi connectivity index (χ1n) is 2.84. The van der Waals surface area contributed by atoms with Crippen LogP contribution in [0.25, 0.3) is 10.2 Å². The first-order valence-corrected chi connectivity index (χ1v) is 4.41. The summed E-state index contributed by atoms with van der Waals surface area (Å²) in [4.78, 5) is 7.93. The van der Waals surface area contributed by atoms with Crippen LogP contribution in [0.1, 0.15) is 0 Å². The first-order chi connectivity index (χ1) is 5.27. The Balaban J connectivity index is 2.90. The van der Waals surface area contributed by atoms with Crippen molar-refractivity contribution in [3.63, 3.8) is 0 Å². The summed E-state index contributed by atoms with van der Waals surface area (Å²) in [6, 6.07) is 1.78. The molecular weight excluding hydrogens is 203 g/mol. The average molecular weight is 205 g/mol. The molecule has 11 heavy (non-hydrogen) atoms. The van der Waals surface area contributed by atoms with Gasteiger partial charge in [0.1, 0.15) is 5.15 Å². The molecule has 2 aromatic heterocycles. The minimum atomic E-state index is 0.465. The molecule has 0 bridgehead atoms. The second-order valence-electron chi connectivity index (χ2n) is 1.92. The van der Waals surface area contributed by atoms with Crippen molar-refractivity contribution in [3.8, 4) is 0 Å². The fourth-order valence-electron chi connectivity index (χ4n) is 0.797. The van der Waals surface area contributed by atoms with Gasteiger partial charge in [0.25, 0.3) is 0 Å². The topological polar surface area (TPSA) is 25.8 Å². The number of hydrogen-bond donors (Lipinski definition) is 0. The van der Waals surface area contributed by atoms with Crippen molar-refractivity contribution in [2.45, 2.75) is 0 Å². The van der Waals surface area contributed by atoms with Gasteiger partial charge in [0.2, 0.25) is 0 Å². The van der Waals surface area contributed by atoms with E-state index >= 15 is 0 Å². The van der Waals surface area contributed by atoms with Gasteiger partial charge in [0.15, 0.2) is 4.47 Å². The number of thiazole rings is 1. The van der Waals surface area contributed by atoms with Crippen molar-refractivity contribution in [1.82, 2.24) is 9.97 Å². The third kappa shape index (κ3) is 1.20. The molecule has 2 aromatic rings. The zero-order valence-electron chi connectivity index (χ0n) is 5.21. The second kappa shape index (κ2) is 2.59. The Hall–Kier alpha value is -0.380. The molecule has 0 radical (unpaired) electrons. The monoisotopic (exact) mass is 204 g/mol. The minimum absolute atomic E-state index is 0.465. The highest BCUT2D eigenvalue weighted by Gasteiger charge is 2.04. The van der Waals surface area contributed by atoms with Gasteiger partial charge in [0, 0.05) is 6.20 Å². The van der Waals surface area contributed by atoms with Gasteiger partial charge in [0.05, 0.1) is 10.2 Å². The summed E-state index contributed by atoms with van der Waals surface area (Å²) < 4.78 is 1.34. The molecule has 5 heteroatoms. The van der Waals surface area contributed by atoms with Crippen molar-refractivity contribution in [2.24, 2.45) is 0 Å². The van der Waals surface area contributed by atoms with Crippen molar-refractivity contribution in [3.05, 3.63) is 21.9 Å². The van der Waals surface area contributed by atoms with Gasteiger partial charge in [-0.3, -0.25) is 0 Å². The SMILES string of the molecule is Clc1nc2ccnc(Cl)c2s1. The van der Waals surface area contributed by atoms with Crippen molar-refractivity contribution >= 4 is 44.8 Å². The lowest BCUT2D eigenvalue weighted by atomic mass is 10.4. The van der Waals surface area contributed by atoms with E-state index in [-0.39, 0.29) is 0 Å². The molecule has 0 aromatic carbocycles. The molecule has 0 aliphatic rings. The van der Waals surface area contributed by atoms with E-state index in [9.17, 15) is 0 Å². The normalized spacial score (nSPS) is 10.7. The summed E-state index contributed by atoms with van der Waals surface area (Å²) in [7, 11) is 0. The number of fused-ring (bicyclic) bond motifs is 1. The molecule has 0 amide bonds. The van der Waals surface area contributed by atoms with Gasteiger partial charge in [-0.2, -0.15) is 0 Å². The Morgan fingerprint density at radius 2 is 2.18 bits per heavy atom. The Labute approximate surface area is 76.8 Å². The van der Waals surface area contributed by atoms with Gasteiger partial charge in [-0.1, -0.05) is 34.5 Å². The zero-order chi connectivity index (χ0) is 7.84. The third-order valence-electron chi connectivity index (χ3n) is 1.23. The van der Waals surface area contributed by atoms with E-state index in [1.54, 1.807) is 12.3 Å². The molecule has 0 unspecified atom stereocenters. The molecule has 0 aliphatic heterocycles. The first kappa shape index (κ1) is 7.28. The molecule has 0 fully saturated rings. The van der Waals surface area contributed by atoms with E-state index in [1.807, 2.05) is 0 Å². The molecular formula is C6H2Cl2N2S. The van der Waals surface area contributed by atoms with Crippen molar-refractivity contribution in [1.29, 1.82) is 0 Å². The quantitative estimate of drug-likeness (QED) is 0.617. The van der Waals surface area contributed by atoms with Crippen LogP contribution >= 0.6 is 34.5 Å². The maximum Gasteiger partial charge on any atom is 0.184 e. The molecule has 0 aliphatic carbocycles. The van der Waals surface area contributed by atoms with Crippen LogP contribution in [0.15, 0.2) is 12.3 Å². The van der Waals surface area contributed by atoms with Crippen LogP contribution in [0.3, 0.4) is 0 Å². The summed E-state index contributed by atoms with van der Waals surface area (Å²) in [5.41, 5.74) is 0.806. The molecule has 2 nitrogen and oxygen atoms in total. The van der Waals surface area contributed by atoms with E-state index in [0.717, 1.165) is 10.2 Å². The van der Waals surface area contributed by atoms with E-state index < -0.39 is 0 Å². The van der Waals surface area contributed by atoms with E-state index in [4.69, 9.17) is 23.2 Å². The Morgan fingerprint density at radius 3 is 2.91 bits per heavy atom. The number of halogens is 2. The summed E-state index contributed by atoms with van der Waals surface area (Å²) in [5.74, 6) is 0. The van der Waals surface area contributed by atoms with Gasteiger partial charge < -0.3 is 0 Å². The van der Waals surface area contributed by atoms with Crippen LogP contribution in [0, 0.1) is 0 Å². The van der Waals surface area contributed by atoms with Crippen LogP contribution in [0.5, 0.6) is 0 Å². The highest BCUT2D eigenvalue weighted by molar-refractivity contribution is 7.22. The molecule has 0 N–H and O–H groups in total. The highest BCUT2D eigenvalue weighted by atomic mass is 35.5. The Bertz CT molecular complexity index is 398. The summed E-state index contributed by atoms with van der Waals surface area (Å²) >= 11 is 12.8. The predicted octanol–water partition coefficient (Wildman–Crippen LogP) is 3.00. The van der Waals surface area contributed by atoms with E-state index in [1.165, 1.54) is 11.3 Å².